The fourth-order valence-corrected chi connectivity index (χ4v) is 2.95. The second-order valence-corrected chi connectivity index (χ2v) is 6.15. The van der Waals surface area contributed by atoms with Gasteiger partial charge in [0, 0.05) is 18.5 Å². The van der Waals surface area contributed by atoms with Crippen LogP contribution in [0.15, 0.2) is 30.3 Å². The van der Waals surface area contributed by atoms with Gasteiger partial charge in [0.1, 0.15) is 0 Å². The molecule has 104 valence electrons. The van der Waals surface area contributed by atoms with Crippen LogP contribution in [0, 0.1) is 0 Å². The van der Waals surface area contributed by atoms with E-state index < -0.39 is 0 Å². The molecular formula is C17H25NO. The Balaban J connectivity index is 1.81. The predicted octanol–water partition coefficient (Wildman–Crippen LogP) is 3.80. The van der Waals surface area contributed by atoms with Crippen molar-refractivity contribution in [3.8, 4) is 0 Å². The van der Waals surface area contributed by atoms with Crippen LogP contribution < -0.4 is 0 Å². The molecule has 1 amide bonds. The Labute approximate surface area is 116 Å². The summed E-state index contributed by atoms with van der Waals surface area (Å²) in [5, 5.41) is 0. The minimum atomic E-state index is 0.0576. The molecule has 1 aromatic carbocycles. The minimum Gasteiger partial charge on any atom is -0.338 e. The molecule has 1 aliphatic rings. The lowest BCUT2D eigenvalue weighted by molar-refractivity contribution is -0.138. The first-order valence-electron chi connectivity index (χ1n) is 7.44. The van der Waals surface area contributed by atoms with E-state index in [9.17, 15) is 4.79 Å². The highest BCUT2D eigenvalue weighted by Crippen LogP contribution is 2.28. The number of piperidine rings is 1. The molecule has 0 aliphatic carbocycles. The zero-order chi connectivity index (χ0) is 13.7. The molecule has 1 aromatic rings. The van der Waals surface area contributed by atoms with Gasteiger partial charge in [-0.3, -0.25) is 4.79 Å². The second-order valence-electron chi connectivity index (χ2n) is 6.15. The SMILES string of the molecule is CC1(C)CCCCN1C(=O)CCCc1ccccc1. The average molecular weight is 259 g/mol. The number of nitrogens with zero attached hydrogens (tertiary/aromatic N) is 1. The predicted molar refractivity (Wildman–Crippen MR) is 79.0 cm³/mol. The zero-order valence-corrected chi connectivity index (χ0v) is 12.2. The van der Waals surface area contributed by atoms with Crippen molar-refractivity contribution in [2.45, 2.75) is 57.9 Å². The van der Waals surface area contributed by atoms with Gasteiger partial charge in [-0.1, -0.05) is 30.3 Å². The lowest BCUT2D eigenvalue weighted by Gasteiger charge is -2.42. The van der Waals surface area contributed by atoms with Gasteiger partial charge >= 0.3 is 0 Å². The molecule has 1 fully saturated rings. The van der Waals surface area contributed by atoms with Crippen molar-refractivity contribution in [1.29, 1.82) is 0 Å². The summed E-state index contributed by atoms with van der Waals surface area (Å²) in [5.74, 6) is 0.334. The number of likely N-dealkylation sites (tertiary alicyclic amines) is 1. The number of benzene rings is 1. The number of carbonyl (C=O) groups excluding carboxylic acids is 1. The fraction of sp³-hybridized carbons (Fsp3) is 0.588. The molecule has 0 spiro atoms. The van der Waals surface area contributed by atoms with Crippen molar-refractivity contribution in [3.63, 3.8) is 0 Å². The molecule has 2 heteroatoms. The summed E-state index contributed by atoms with van der Waals surface area (Å²) < 4.78 is 0. The number of aryl methyl sites for hydroxylation is 1. The smallest absolute Gasteiger partial charge is 0.223 e. The molecule has 2 rings (SSSR count). The van der Waals surface area contributed by atoms with E-state index in [1.807, 2.05) is 6.07 Å². The molecule has 0 bridgehead atoms. The van der Waals surface area contributed by atoms with E-state index in [1.165, 1.54) is 12.0 Å². The molecule has 0 atom stereocenters. The van der Waals surface area contributed by atoms with E-state index in [4.69, 9.17) is 0 Å². The summed E-state index contributed by atoms with van der Waals surface area (Å²) in [5.41, 5.74) is 1.38. The number of carbonyl (C=O) groups is 1. The summed E-state index contributed by atoms with van der Waals surface area (Å²) >= 11 is 0. The fourth-order valence-electron chi connectivity index (χ4n) is 2.95. The van der Waals surface area contributed by atoms with Crippen molar-refractivity contribution in [2.75, 3.05) is 6.54 Å². The van der Waals surface area contributed by atoms with E-state index in [0.29, 0.717) is 12.3 Å². The van der Waals surface area contributed by atoms with E-state index in [2.05, 4.69) is 43.0 Å². The molecule has 0 N–H and O–H groups in total. The molecule has 0 radical (unpaired) electrons. The lowest BCUT2D eigenvalue weighted by atomic mass is 9.90. The van der Waals surface area contributed by atoms with Gasteiger partial charge in [0.2, 0.25) is 5.91 Å². The lowest BCUT2D eigenvalue weighted by Crippen LogP contribution is -2.50. The van der Waals surface area contributed by atoms with Crippen LogP contribution >= 0.6 is 0 Å². The zero-order valence-electron chi connectivity index (χ0n) is 12.2. The summed E-state index contributed by atoms with van der Waals surface area (Å²) in [6, 6.07) is 10.4. The Kier molecular flexibility index (Phi) is 4.62. The number of rotatable bonds is 4. The Morgan fingerprint density at radius 2 is 1.95 bits per heavy atom. The Hall–Kier alpha value is -1.31. The van der Waals surface area contributed by atoms with Crippen LogP contribution in [0.3, 0.4) is 0 Å². The number of amides is 1. The maximum absolute atomic E-state index is 12.3. The summed E-state index contributed by atoms with van der Waals surface area (Å²) in [4.78, 5) is 14.4. The van der Waals surface area contributed by atoms with Gasteiger partial charge in [0.25, 0.3) is 0 Å². The summed E-state index contributed by atoms with van der Waals surface area (Å²) in [7, 11) is 0. The van der Waals surface area contributed by atoms with Gasteiger partial charge in [0.15, 0.2) is 0 Å². The van der Waals surface area contributed by atoms with Crippen molar-refractivity contribution in [1.82, 2.24) is 4.90 Å². The Morgan fingerprint density at radius 1 is 1.21 bits per heavy atom. The van der Waals surface area contributed by atoms with Gasteiger partial charge < -0.3 is 4.90 Å². The normalized spacial score (nSPS) is 18.3. The molecule has 0 unspecified atom stereocenters. The number of hydrogen-bond donors (Lipinski definition) is 0. The van der Waals surface area contributed by atoms with Gasteiger partial charge in [-0.15, -0.1) is 0 Å². The van der Waals surface area contributed by atoms with Gasteiger partial charge in [-0.05, 0) is 51.5 Å². The topological polar surface area (TPSA) is 20.3 Å². The van der Waals surface area contributed by atoms with Crippen molar-refractivity contribution >= 4 is 5.91 Å². The van der Waals surface area contributed by atoms with Crippen LogP contribution in [0.1, 0.15) is 51.5 Å². The monoisotopic (exact) mass is 259 g/mol. The first-order chi connectivity index (χ1) is 9.09. The van der Waals surface area contributed by atoms with Crippen LogP contribution in [0.5, 0.6) is 0 Å². The van der Waals surface area contributed by atoms with Crippen molar-refractivity contribution in [2.24, 2.45) is 0 Å². The first kappa shape index (κ1) is 14.1. The summed E-state index contributed by atoms with van der Waals surface area (Å²) in [6.45, 7) is 5.33. The van der Waals surface area contributed by atoms with Crippen LogP contribution in [0.4, 0.5) is 0 Å². The van der Waals surface area contributed by atoms with Crippen LogP contribution in [0.2, 0.25) is 0 Å². The molecule has 0 saturated carbocycles. The summed E-state index contributed by atoms with van der Waals surface area (Å²) in [6.07, 6.45) is 6.18. The quantitative estimate of drug-likeness (QED) is 0.805. The molecule has 1 saturated heterocycles. The first-order valence-corrected chi connectivity index (χ1v) is 7.44. The van der Waals surface area contributed by atoms with Crippen molar-refractivity contribution < 1.29 is 4.79 Å². The third kappa shape index (κ3) is 3.82. The van der Waals surface area contributed by atoms with E-state index in [0.717, 1.165) is 32.2 Å². The molecule has 0 aromatic heterocycles. The average Bonchev–Trinajstić information content (AvgIpc) is 2.39. The third-order valence-electron chi connectivity index (χ3n) is 4.15. The molecule has 1 heterocycles. The van der Waals surface area contributed by atoms with E-state index >= 15 is 0 Å². The molecule has 2 nitrogen and oxygen atoms in total. The Bertz CT molecular complexity index is 411. The van der Waals surface area contributed by atoms with E-state index in [1.54, 1.807) is 0 Å². The van der Waals surface area contributed by atoms with Crippen molar-refractivity contribution in [3.05, 3.63) is 35.9 Å². The van der Waals surface area contributed by atoms with Crippen LogP contribution in [-0.4, -0.2) is 22.9 Å². The second kappa shape index (κ2) is 6.23. The number of hydrogen-bond acceptors (Lipinski definition) is 1. The Morgan fingerprint density at radius 3 is 2.63 bits per heavy atom. The highest BCUT2D eigenvalue weighted by Gasteiger charge is 2.32. The van der Waals surface area contributed by atoms with Gasteiger partial charge in [-0.2, -0.15) is 0 Å². The maximum Gasteiger partial charge on any atom is 0.223 e. The van der Waals surface area contributed by atoms with Crippen LogP contribution in [0.25, 0.3) is 0 Å². The minimum absolute atomic E-state index is 0.0576. The third-order valence-corrected chi connectivity index (χ3v) is 4.15. The van der Waals surface area contributed by atoms with Gasteiger partial charge in [0.05, 0.1) is 0 Å². The molecule has 1 aliphatic heterocycles. The van der Waals surface area contributed by atoms with E-state index in [-0.39, 0.29) is 5.54 Å². The molecular weight excluding hydrogens is 234 g/mol. The van der Waals surface area contributed by atoms with Crippen LogP contribution in [-0.2, 0) is 11.2 Å². The highest BCUT2D eigenvalue weighted by molar-refractivity contribution is 5.77. The largest absolute Gasteiger partial charge is 0.338 e. The standard InChI is InChI=1S/C17H25NO/c1-17(2)13-6-7-14-18(17)16(19)12-8-11-15-9-4-3-5-10-15/h3-5,9-10H,6-8,11-14H2,1-2H3. The highest BCUT2D eigenvalue weighted by atomic mass is 16.2. The molecule has 19 heavy (non-hydrogen) atoms. The van der Waals surface area contributed by atoms with Gasteiger partial charge in [-0.25, -0.2) is 0 Å². The maximum atomic E-state index is 12.3.